The van der Waals surface area contributed by atoms with Crippen LogP contribution in [0.2, 0.25) is 0 Å². The van der Waals surface area contributed by atoms with Crippen molar-refractivity contribution in [3.05, 3.63) is 27.8 Å². The number of hydrogen-bond acceptors (Lipinski definition) is 3. The summed E-state index contributed by atoms with van der Waals surface area (Å²) in [7, 11) is -3.49. The molecule has 0 radical (unpaired) electrons. The van der Waals surface area contributed by atoms with Crippen LogP contribution in [0.4, 0.5) is 0 Å². The summed E-state index contributed by atoms with van der Waals surface area (Å²) in [6, 6.07) is 0.00645. The normalized spacial score (nSPS) is 22.8. The van der Waals surface area contributed by atoms with E-state index < -0.39 is 10.0 Å². The maximum absolute atomic E-state index is 13.0. The van der Waals surface area contributed by atoms with E-state index >= 15 is 0 Å². The van der Waals surface area contributed by atoms with E-state index in [4.69, 9.17) is 0 Å². The number of rotatable bonds is 3. The molecule has 0 aromatic heterocycles. The summed E-state index contributed by atoms with van der Waals surface area (Å²) in [5.74, 6) is 0.303. The first kappa shape index (κ1) is 17.4. The van der Waals surface area contributed by atoms with Crippen molar-refractivity contribution in [3.63, 3.8) is 0 Å². The molecule has 1 fully saturated rings. The van der Waals surface area contributed by atoms with E-state index in [0.29, 0.717) is 10.8 Å². The lowest BCUT2D eigenvalue weighted by molar-refractivity contribution is 0.328. The minimum Gasteiger partial charge on any atom is -0.316 e. The largest absolute Gasteiger partial charge is 0.316 e. The lowest BCUT2D eigenvalue weighted by Gasteiger charge is -2.30. The van der Waals surface area contributed by atoms with Crippen LogP contribution in [0.5, 0.6) is 0 Å². The lowest BCUT2D eigenvalue weighted by atomic mass is 9.95. The predicted molar refractivity (Wildman–Crippen MR) is 90.9 cm³/mol. The number of nitrogens with one attached hydrogen (secondary N) is 2. The van der Waals surface area contributed by atoms with Crippen molar-refractivity contribution >= 4 is 10.0 Å². The second kappa shape index (κ2) is 6.30. The van der Waals surface area contributed by atoms with Crippen LogP contribution in [-0.2, 0) is 10.0 Å². The molecule has 0 saturated carbocycles. The second-order valence-corrected chi connectivity index (χ2v) is 8.30. The molecule has 1 heterocycles. The molecule has 2 rings (SSSR count). The fourth-order valence-electron chi connectivity index (χ4n) is 3.32. The van der Waals surface area contributed by atoms with Crippen molar-refractivity contribution in [2.75, 3.05) is 13.1 Å². The Morgan fingerprint density at radius 2 is 1.45 bits per heavy atom. The smallest absolute Gasteiger partial charge is 0.241 e. The van der Waals surface area contributed by atoms with Crippen LogP contribution in [0.1, 0.15) is 41.2 Å². The van der Waals surface area contributed by atoms with Gasteiger partial charge in [-0.3, -0.25) is 0 Å². The zero-order chi connectivity index (χ0) is 16.7. The molecule has 1 saturated heterocycles. The van der Waals surface area contributed by atoms with E-state index in [0.717, 1.165) is 41.8 Å². The zero-order valence-electron chi connectivity index (χ0n) is 14.5. The van der Waals surface area contributed by atoms with Gasteiger partial charge in [-0.05, 0) is 87.9 Å². The highest BCUT2D eigenvalue weighted by Gasteiger charge is 2.29. The molecule has 2 atom stereocenters. The fourth-order valence-corrected chi connectivity index (χ4v) is 5.30. The molecule has 1 aromatic rings. The molecule has 0 bridgehead atoms. The Bertz CT molecular complexity index is 651. The van der Waals surface area contributed by atoms with Crippen molar-refractivity contribution in [2.45, 2.75) is 58.9 Å². The lowest BCUT2D eigenvalue weighted by Crippen LogP contribution is -2.48. The highest BCUT2D eigenvalue weighted by atomic mass is 32.2. The summed E-state index contributed by atoms with van der Waals surface area (Å²) in [6.07, 6.45) is 0.836. The van der Waals surface area contributed by atoms with E-state index in [1.807, 2.05) is 27.7 Å². The Balaban J connectivity index is 2.46. The standard InChI is InChI=1S/C17H28N2O2S/c1-10-9-18-8-7-16(10)19-22(20,21)17-14(5)12(3)11(2)13(4)15(17)6/h10,16,18-19H,7-9H2,1-6H3. The van der Waals surface area contributed by atoms with Gasteiger partial charge in [0.2, 0.25) is 10.0 Å². The molecule has 2 unspecified atom stereocenters. The van der Waals surface area contributed by atoms with Gasteiger partial charge in [0.25, 0.3) is 0 Å². The van der Waals surface area contributed by atoms with E-state index in [1.165, 1.54) is 5.56 Å². The number of piperidine rings is 1. The van der Waals surface area contributed by atoms with Gasteiger partial charge >= 0.3 is 0 Å². The Hall–Kier alpha value is -0.910. The van der Waals surface area contributed by atoms with Gasteiger partial charge in [0, 0.05) is 6.04 Å². The number of sulfonamides is 1. The van der Waals surface area contributed by atoms with Crippen molar-refractivity contribution in [1.82, 2.24) is 10.0 Å². The third-order valence-electron chi connectivity index (χ3n) is 5.29. The molecular formula is C17H28N2O2S. The summed E-state index contributed by atoms with van der Waals surface area (Å²) in [6.45, 7) is 13.7. The van der Waals surface area contributed by atoms with Gasteiger partial charge < -0.3 is 5.32 Å². The molecule has 0 spiro atoms. The number of benzene rings is 1. The first-order chi connectivity index (χ1) is 10.2. The van der Waals surface area contributed by atoms with Crippen molar-refractivity contribution in [1.29, 1.82) is 0 Å². The Labute approximate surface area is 134 Å². The molecule has 1 aromatic carbocycles. The van der Waals surface area contributed by atoms with Gasteiger partial charge in [-0.2, -0.15) is 0 Å². The summed E-state index contributed by atoms with van der Waals surface area (Å²) in [4.78, 5) is 0.471. The van der Waals surface area contributed by atoms with Gasteiger partial charge in [-0.1, -0.05) is 6.92 Å². The molecular weight excluding hydrogens is 296 g/mol. The molecule has 1 aliphatic heterocycles. The summed E-state index contributed by atoms with van der Waals surface area (Å²) >= 11 is 0. The van der Waals surface area contributed by atoms with E-state index in [1.54, 1.807) is 0 Å². The maximum Gasteiger partial charge on any atom is 0.241 e. The second-order valence-electron chi connectivity index (χ2n) is 6.65. The molecule has 2 N–H and O–H groups in total. The van der Waals surface area contributed by atoms with Crippen LogP contribution in [-0.4, -0.2) is 27.5 Å². The molecule has 5 heteroatoms. The topological polar surface area (TPSA) is 58.2 Å². The monoisotopic (exact) mass is 324 g/mol. The van der Waals surface area contributed by atoms with Crippen LogP contribution < -0.4 is 10.0 Å². The first-order valence-corrected chi connectivity index (χ1v) is 9.45. The average Bonchev–Trinajstić information content (AvgIpc) is 2.45. The van der Waals surface area contributed by atoms with Crippen molar-refractivity contribution in [3.8, 4) is 0 Å². The van der Waals surface area contributed by atoms with E-state index in [2.05, 4.69) is 23.9 Å². The van der Waals surface area contributed by atoms with E-state index in [-0.39, 0.29) is 6.04 Å². The van der Waals surface area contributed by atoms with Gasteiger partial charge in [0.1, 0.15) is 0 Å². The van der Waals surface area contributed by atoms with Gasteiger partial charge in [0.15, 0.2) is 0 Å². The van der Waals surface area contributed by atoms with Gasteiger partial charge in [-0.25, -0.2) is 13.1 Å². The Kier molecular flexibility index (Phi) is 5.00. The highest BCUT2D eigenvalue weighted by Crippen LogP contribution is 2.30. The van der Waals surface area contributed by atoms with Crippen LogP contribution in [0.15, 0.2) is 4.90 Å². The quantitative estimate of drug-likeness (QED) is 0.898. The molecule has 124 valence electrons. The molecule has 0 aliphatic carbocycles. The third-order valence-corrected chi connectivity index (χ3v) is 7.05. The fraction of sp³-hybridized carbons (Fsp3) is 0.647. The van der Waals surface area contributed by atoms with Crippen LogP contribution in [0.3, 0.4) is 0 Å². The minimum atomic E-state index is -3.49. The number of hydrogen-bond donors (Lipinski definition) is 2. The maximum atomic E-state index is 13.0. The Morgan fingerprint density at radius 3 is 1.95 bits per heavy atom. The van der Waals surface area contributed by atoms with Gasteiger partial charge in [-0.15, -0.1) is 0 Å². The third kappa shape index (κ3) is 3.07. The van der Waals surface area contributed by atoms with Crippen LogP contribution >= 0.6 is 0 Å². The van der Waals surface area contributed by atoms with Crippen molar-refractivity contribution in [2.24, 2.45) is 5.92 Å². The Morgan fingerprint density at radius 1 is 0.955 bits per heavy atom. The minimum absolute atomic E-state index is 0.00645. The first-order valence-electron chi connectivity index (χ1n) is 7.96. The summed E-state index contributed by atoms with van der Waals surface area (Å²) in [5.41, 5.74) is 5.07. The molecule has 1 aliphatic rings. The predicted octanol–water partition coefficient (Wildman–Crippen LogP) is 2.51. The molecule has 4 nitrogen and oxygen atoms in total. The van der Waals surface area contributed by atoms with E-state index in [9.17, 15) is 8.42 Å². The molecule has 0 amide bonds. The molecule has 22 heavy (non-hydrogen) atoms. The van der Waals surface area contributed by atoms with Crippen LogP contribution in [0, 0.1) is 40.5 Å². The average molecular weight is 324 g/mol. The highest BCUT2D eigenvalue weighted by molar-refractivity contribution is 7.89. The SMILES string of the molecule is Cc1c(C)c(C)c(S(=O)(=O)NC2CCNCC2C)c(C)c1C. The van der Waals surface area contributed by atoms with Crippen LogP contribution in [0.25, 0.3) is 0 Å². The van der Waals surface area contributed by atoms with Gasteiger partial charge in [0.05, 0.1) is 4.90 Å². The zero-order valence-corrected chi connectivity index (χ0v) is 15.3. The summed E-state index contributed by atoms with van der Waals surface area (Å²) < 4.78 is 28.9. The van der Waals surface area contributed by atoms with Crippen molar-refractivity contribution < 1.29 is 8.42 Å². The summed E-state index contributed by atoms with van der Waals surface area (Å²) in [5, 5.41) is 3.30.